The highest BCUT2D eigenvalue weighted by Gasteiger charge is 2.17. The van der Waals surface area contributed by atoms with E-state index in [1.165, 1.54) is 7.11 Å². The van der Waals surface area contributed by atoms with E-state index in [2.05, 4.69) is 68.7 Å². The molecule has 0 spiro atoms. The summed E-state index contributed by atoms with van der Waals surface area (Å²) in [6.45, 7) is 0. The Hall–Kier alpha value is 0.0200. The largest absolute Gasteiger partial charge is 0.465 e. The van der Waals surface area contributed by atoms with Crippen molar-refractivity contribution in [3.8, 4) is 0 Å². The van der Waals surface area contributed by atoms with Gasteiger partial charge >= 0.3 is 5.97 Å². The van der Waals surface area contributed by atoms with E-state index in [0.29, 0.717) is 16.8 Å². The molecular formula is C12H7Br4NO2. The van der Waals surface area contributed by atoms with Crippen LogP contribution in [0.2, 0.25) is 0 Å². The number of fused-ring (bicyclic) bond motifs is 1. The van der Waals surface area contributed by atoms with E-state index in [0.717, 1.165) is 14.3 Å². The van der Waals surface area contributed by atoms with Crippen LogP contribution in [-0.4, -0.2) is 18.1 Å². The van der Waals surface area contributed by atoms with Crippen molar-refractivity contribution in [3.05, 3.63) is 38.4 Å². The average Bonchev–Trinajstić information content (AvgIpc) is 2.36. The lowest BCUT2D eigenvalue weighted by Crippen LogP contribution is -2.05. The van der Waals surface area contributed by atoms with Crippen LogP contribution in [0, 0.1) is 0 Å². The molecule has 0 amide bonds. The number of benzene rings is 1. The van der Waals surface area contributed by atoms with E-state index < -0.39 is 0 Å². The van der Waals surface area contributed by atoms with Crippen molar-refractivity contribution in [2.75, 3.05) is 7.11 Å². The van der Waals surface area contributed by atoms with Gasteiger partial charge in [0.25, 0.3) is 0 Å². The lowest BCUT2D eigenvalue weighted by molar-refractivity contribution is 0.0603. The van der Waals surface area contributed by atoms with E-state index in [1.54, 1.807) is 6.07 Å². The summed E-state index contributed by atoms with van der Waals surface area (Å²) in [6, 6.07) is 5.44. The summed E-state index contributed by atoms with van der Waals surface area (Å²) in [5.41, 5.74) is 1.90. The molecule has 100 valence electrons. The van der Waals surface area contributed by atoms with Crippen LogP contribution in [0.5, 0.6) is 0 Å². The number of methoxy groups -OCH3 is 1. The number of nitrogens with zero attached hydrogens (tertiary/aromatic N) is 1. The summed E-state index contributed by atoms with van der Waals surface area (Å²) in [7, 11) is 1.36. The lowest BCUT2D eigenvalue weighted by atomic mass is 10.1. The van der Waals surface area contributed by atoms with Crippen molar-refractivity contribution in [3.63, 3.8) is 0 Å². The Balaban J connectivity index is 2.86. The van der Waals surface area contributed by atoms with Crippen molar-refractivity contribution in [1.29, 1.82) is 0 Å². The van der Waals surface area contributed by atoms with Gasteiger partial charge < -0.3 is 4.74 Å². The van der Waals surface area contributed by atoms with Crippen molar-refractivity contribution in [1.82, 2.24) is 4.98 Å². The normalized spacial score (nSPS) is 11.1. The number of halogens is 4. The highest BCUT2D eigenvalue weighted by molar-refractivity contribution is 9.24. The molecule has 0 atom stereocenters. The Morgan fingerprint density at radius 1 is 1.26 bits per heavy atom. The van der Waals surface area contributed by atoms with Crippen LogP contribution in [0.1, 0.15) is 19.8 Å². The molecule has 2 aromatic rings. The molecule has 0 aliphatic rings. The molecule has 1 heterocycles. The first-order valence-corrected chi connectivity index (χ1v) is 8.52. The van der Waals surface area contributed by atoms with E-state index >= 15 is 0 Å². The number of ether oxygens (including phenoxy) is 1. The summed E-state index contributed by atoms with van der Waals surface area (Å²) in [4.78, 5) is 16.4. The summed E-state index contributed by atoms with van der Waals surface area (Å²) in [5, 5.41) is 0.734. The van der Waals surface area contributed by atoms with Crippen molar-refractivity contribution in [2.45, 2.75) is 3.74 Å². The summed E-state index contributed by atoms with van der Waals surface area (Å²) < 4.78 is 6.37. The monoisotopic (exact) mass is 513 g/mol. The highest BCUT2D eigenvalue weighted by atomic mass is 79.9. The second-order valence-corrected chi connectivity index (χ2v) is 8.50. The average molecular weight is 517 g/mol. The van der Waals surface area contributed by atoms with Gasteiger partial charge in [-0.15, -0.1) is 0 Å². The van der Waals surface area contributed by atoms with Crippen LogP contribution in [0.25, 0.3) is 10.9 Å². The Kier molecular flexibility index (Phi) is 5.03. The molecule has 7 heteroatoms. The third-order valence-electron chi connectivity index (χ3n) is 2.48. The van der Waals surface area contributed by atoms with Crippen LogP contribution in [0.15, 0.2) is 27.1 Å². The Bertz CT molecular complexity index is 658. The fourth-order valence-electron chi connectivity index (χ4n) is 1.66. The standard InChI is InChI=1S/C12H7Br4NO2/c1-19-12(18)7-4-9(11(15)16)17-10-6(7)2-5(13)3-8(10)14/h2-4,11H,1H3. The van der Waals surface area contributed by atoms with Gasteiger partial charge in [0.1, 0.15) is 3.74 Å². The van der Waals surface area contributed by atoms with Gasteiger partial charge in [-0.2, -0.15) is 0 Å². The fraction of sp³-hybridized carbons (Fsp3) is 0.167. The molecule has 0 aliphatic heterocycles. The SMILES string of the molecule is COC(=O)c1cc(C(Br)Br)nc2c(Br)cc(Br)cc12. The maximum Gasteiger partial charge on any atom is 0.338 e. The maximum absolute atomic E-state index is 11.9. The number of rotatable bonds is 2. The van der Waals surface area contributed by atoms with Crippen molar-refractivity contribution in [2.24, 2.45) is 0 Å². The first kappa shape index (κ1) is 15.4. The zero-order chi connectivity index (χ0) is 14.2. The van der Waals surface area contributed by atoms with Crippen LogP contribution >= 0.6 is 63.7 Å². The van der Waals surface area contributed by atoms with Gasteiger partial charge in [0, 0.05) is 14.3 Å². The first-order valence-electron chi connectivity index (χ1n) is 5.10. The molecule has 1 aromatic heterocycles. The zero-order valence-electron chi connectivity index (χ0n) is 9.58. The number of aromatic nitrogens is 1. The van der Waals surface area contributed by atoms with Gasteiger partial charge in [-0.3, -0.25) is 0 Å². The predicted octanol–water partition coefficient (Wildman–Crippen LogP) is 5.33. The number of carbonyl (C=O) groups is 1. The summed E-state index contributed by atoms with van der Waals surface area (Å²) in [6.07, 6.45) is 0. The summed E-state index contributed by atoms with van der Waals surface area (Å²) >= 11 is 13.6. The van der Waals surface area contributed by atoms with E-state index in [-0.39, 0.29) is 9.71 Å². The quantitative estimate of drug-likeness (QED) is 0.400. The van der Waals surface area contributed by atoms with Crippen LogP contribution in [-0.2, 0) is 4.74 Å². The molecular weight excluding hydrogens is 510 g/mol. The summed E-state index contributed by atoms with van der Waals surface area (Å²) in [5.74, 6) is -0.390. The minimum atomic E-state index is -0.390. The predicted molar refractivity (Wildman–Crippen MR) is 89.1 cm³/mol. The van der Waals surface area contributed by atoms with E-state index in [9.17, 15) is 4.79 Å². The molecule has 0 aliphatic carbocycles. The molecule has 0 saturated heterocycles. The van der Waals surface area contributed by atoms with Gasteiger partial charge in [0.15, 0.2) is 0 Å². The van der Waals surface area contributed by atoms with Crippen LogP contribution < -0.4 is 0 Å². The number of alkyl halides is 2. The van der Waals surface area contributed by atoms with E-state index in [4.69, 9.17) is 4.74 Å². The minimum Gasteiger partial charge on any atom is -0.465 e. The molecule has 3 nitrogen and oxygen atoms in total. The van der Waals surface area contributed by atoms with Gasteiger partial charge in [-0.25, -0.2) is 9.78 Å². The van der Waals surface area contributed by atoms with Gasteiger partial charge in [-0.1, -0.05) is 47.8 Å². The fourth-order valence-corrected chi connectivity index (χ4v) is 3.45. The number of hydrogen-bond acceptors (Lipinski definition) is 3. The number of pyridine rings is 1. The van der Waals surface area contributed by atoms with Gasteiger partial charge in [-0.05, 0) is 34.1 Å². The van der Waals surface area contributed by atoms with Crippen molar-refractivity contribution < 1.29 is 9.53 Å². The molecule has 2 rings (SSSR count). The number of hydrogen-bond donors (Lipinski definition) is 0. The third kappa shape index (κ3) is 3.20. The third-order valence-corrected chi connectivity index (χ3v) is 4.48. The molecule has 0 unspecified atom stereocenters. The zero-order valence-corrected chi connectivity index (χ0v) is 15.9. The second kappa shape index (κ2) is 6.20. The number of carbonyl (C=O) groups excluding carboxylic acids is 1. The molecule has 0 saturated carbocycles. The lowest BCUT2D eigenvalue weighted by Gasteiger charge is -2.10. The van der Waals surface area contributed by atoms with Crippen molar-refractivity contribution >= 4 is 80.6 Å². The minimum absolute atomic E-state index is 0.136. The van der Waals surface area contributed by atoms with Gasteiger partial charge in [0.05, 0.1) is 23.9 Å². The maximum atomic E-state index is 11.9. The first-order chi connectivity index (χ1) is 8.93. The van der Waals surface area contributed by atoms with Crippen LogP contribution in [0.3, 0.4) is 0 Å². The molecule has 0 N–H and O–H groups in total. The second-order valence-electron chi connectivity index (χ2n) is 3.67. The van der Waals surface area contributed by atoms with Crippen LogP contribution in [0.4, 0.5) is 0 Å². The number of esters is 1. The van der Waals surface area contributed by atoms with Gasteiger partial charge in [0.2, 0.25) is 0 Å². The molecule has 0 bridgehead atoms. The smallest absolute Gasteiger partial charge is 0.338 e. The highest BCUT2D eigenvalue weighted by Crippen LogP contribution is 2.34. The Labute approximate surface area is 143 Å². The molecule has 19 heavy (non-hydrogen) atoms. The topological polar surface area (TPSA) is 39.2 Å². The molecule has 1 aromatic carbocycles. The molecule has 0 fully saturated rings. The Morgan fingerprint density at radius 3 is 2.53 bits per heavy atom. The molecule has 0 radical (unpaired) electrons. The Morgan fingerprint density at radius 2 is 1.95 bits per heavy atom. The van der Waals surface area contributed by atoms with E-state index in [1.807, 2.05) is 12.1 Å².